The van der Waals surface area contributed by atoms with E-state index in [2.05, 4.69) is 208 Å². The minimum Gasteiger partial charge on any atom is -0.455 e. The van der Waals surface area contributed by atoms with Gasteiger partial charge in [-0.05, 0) is 111 Å². The number of hydrogen-bond donors (Lipinski definition) is 0. The van der Waals surface area contributed by atoms with E-state index in [9.17, 15) is 0 Å². The lowest BCUT2D eigenvalue weighted by molar-refractivity contribution is 0.621. The van der Waals surface area contributed by atoms with Gasteiger partial charge in [-0.3, -0.25) is 0 Å². The molecule has 1 aliphatic rings. The monoisotopic (exact) mass is 762 g/mol. The van der Waals surface area contributed by atoms with E-state index >= 15 is 0 Å². The molecule has 1 aromatic heterocycles. The predicted molar refractivity (Wildman–Crippen MR) is 255 cm³/mol. The fraction of sp³-hybridized carbons (Fsp3) is 0.0508. The lowest BCUT2D eigenvalue weighted by Gasteiger charge is -2.21. The Labute approximate surface area is 347 Å². The van der Waals surface area contributed by atoms with E-state index < -0.39 is 0 Å². The Morgan fingerprint density at radius 2 is 0.750 bits per heavy atom. The molecule has 0 radical (unpaired) electrons. The van der Waals surface area contributed by atoms with E-state index in [1.807, 2.05) is 0 Å². The zero-order chi connectivity index (χ0) is 39.7. The van der Waals surface area contributed by atoms with Crippen molar-refractivity contribution in [2.75, 3.05) is 0 Å². The molecule has 0 aliphatic heterocycles. The van der Waals surface area contributed by atoms with Gasteiger partial charge in [-0.1, -0.05) is 196 Å². The van der Waals surface area contributed by atoms with E-state index in [4.69, 9.17) is 4.42 Å². The van der Waals surface area contributed by atoms with Crippen LogP contribution in [0.5, 0.6) is 0 Å². The van der Waals surface area contributed by atoms with Crippen LogP contribution in [0.25, 0.3) is 120 Å². The van der Waals surface area contributed by atoms with E-state index in [0.29, 0.717) is 0 Å². The molecule has 1 nitrogen and oxygen atoms in total. The number of benzene rings is 11. The third kappa shape index (κ3) is 4.47. The number of rotatable bonds is 3. The standard InChI is InChI=1S/C59H38O/c1-59(2)53-29-14-13-22-41(53)48-32-33-50-52-34-51(39-21-7-12-27-49(39)57(52)60-58(50)56(48)59)40-30-31-47(38-20-6-5-19-37(38)40)55-45-25-10-8-23-43(45)54(44-24-9-11-26-46(44)55)42-28-15-17-35-16-3-4-18-36(35)42/h3-34H,1-2H3. The summed E-state index contributed by atoms with van der Waals surface area (Å²) in [6.45, 7) is 4.68. The lowest BCUT2D eigenvalue weighted by Crippen LogP contribution is -2.15. The summed E-state index contributed by atoms with van der Waals surface area (Å²) in [7, 11) is 0. The van der Waals surface area contributed by atoms with Gasteiger partial charge in [0, 0.05) is 27.1 Å². The number of furan rings is 1. The van der Waals surface area contributed by atoms with Gasteiger partial charge in [-0.15, -0.1) is 0 Å². The van der Waals surface area contributed by atoms with Crippen LogP contribution >= 0.6 is 0 Å². The summed E-state index contributed by atoms with van der Waals surface area (Å²) in [4.78, 5) is 0. The minimum atomic E-state index is -0.175. The summed E-state index contributed by atoms with van der Waals surface area (Å²) in [6, 6.07) is 71.8. The maximum Gasteiger partial charge on any atom is 0.143 e. The normalized spacial score (nSPS) is 13.3. The first-order chi connectivity index (χ1) is 29.6. The Bertz CT molecular complexity index is 3740. The second-order valence-corrected chi connectivity index (χ2v) is 17.1. The quantitative estimate of drug-likeness (QED) is 0.163. The van der Waals surface area contributed by atoms with Gasteiger partial charge in [-0.2, -0.15) is 0 Å². The van der Waals surface area contributed by atoms with Crippen molar-refractivity contribution in [1.29, 1.82) is 0 Å². The van der Waals surface area contributed by atoms with Gasteiger partial charge in [0.2, 0.25) is 0 Å². The first kappa shape index (κ1) is 33.5. The van der Waals surface area contributed by atoms with Crippen molar-refractivity contribution in [1.82, 2.24) is 0 Å². The van der Waals surface area contributed by atoms with Crippen molar-refractivity contribution in [2.24, 2.45) is 0 Å². The molecule has 0 N–H and O–H groups in total. The Balaban J connectivity index is 1.08. The second kappa shape index (κ2) is 12.3. The van der Waals surface area contributed by atoms with Crippen LogP contribution in [0.15, 0.2) is 199 Å². The third-order valence-electron chi connectivity index (χ3n) is 13.6. The first-order valence-corrected chi connectivity index (χ1v) is 21.0. The number of fused-ring (bicyclic) bond motifs is 13. The van der Waals surface area contributed by atoms with Gasteiger partial charge in [0.15, 0.2) is 0 Å². The Hall–Kier alpha value is -7.48. The van der Waals surface area contributed by atoms with Crippen LogP contribution < -0.4 is 0 Å². The van der Waals surface area contributed by atoms with Crippen LogP contribution in [0.4, 0.5) is 0 Å². The summed E-state index contributed by atoms with van der Waals surface area (Å²) in [5.41, 5.74) is 14.5. The van der Waals surface area contributed by atoms with Crippen molar-refractivity contribution in [3.8, 4) is 44.5 Å². The molecule has 12 aromatic rings. The van der Waals surface area contributed by atoms with E-state index in [0.717, 1.165) is 21.9 Å². The number of hydrogen-bond acceptors (Lipinski definition) is 1. The smallest absolute Gasteiger partial charge is 0.143 e. The van der Waals surface area contributed by atoms with Crippen molar-refractivity contribution in [3.63, 3.8) is 0 Å². The van der Waals surface area contributed by atoms with Crippen LogP contribution in [-0.4, -0.2) is 0 Å². The van der Waals surface area contributed by atoms with Crippen LogP contribution in [0.1, 0.15) is 25.0 Å². The molecule has 0 fully saturated rings. The molecule has 0 spiro atoms. The van der Waals surface area contributed by atoms with Crippen molar-refractivity contribution in [2.45, 2.75) is 19.3 Å². The fourth-order valence-electron chi connectivity index (χ4n) is 11.0. The fourth-order valence-corrected chi connectivity index (χ4v) is 11.0. The Morgan fingerprint density at radius 1 is 0.300 bits per heavy atom. The summed E-state index contributed by atoms with van der Waals surface area (Å²) in [6.07, 6.45) is 0. The molecule has 1 aliphatic carbocycles. The molecule has 11 aromatic carbocycles. The molecule has 0 saturated heterocycles. The SMILES string of the molecule is CC1(C)c2ccccc2-c2ccc3c(oc4c5ccccc5c(-c5ccc(-c6c7ccccc7c(-c7cccc8ccccc78)c7ccccc67)c6ccccc56)cc34)c21. The average Bonchev–Trinajstić information content (AvgIpc) is 3.79. The molecular weight excluding hydrogens is 725 g/mol. The Morgan fingerprint density at radius 3 is 1.43 bits per heavy atom. The van der Waals surface area contributed by atoms with Crippen LogP contribution in [0.2, 0.25) is 0 Å². The highest BCUT2D eigenvalue weighted by Gasteiger charge is 2.38. The highest BCUT2D eigenvalue weighted by atomic mass is 16.3. The van der Waals surface area contributed by atoms with Gasteiger partial charge in [-0.25, -0.2) is 0 Å². The Kier molecular flexibility index (Phi) is 6.85. The van der Waals surface area contributed by atoms with Gasteiger partial charge < -0.3 is 4.42 Å². The van der Waals surface area contributed by atoms with Gasteiger partial charge >= 0.3 is 0 Å². The van der Waals surface area contributed by atoms with Gasteiger partial charge in [0.1, 0.15) is 11.2 Å². The van der Waals surface area contributed by atoms with Gasteiger partial charge in [0.05, 0.1) is 0 Å². The highest BCUT2D eigenvalue weighted by Crippen LogP contribution is 2.54. The van der Waals surface area contributed by atoms with Crippen molar-refractivity contribution in [3.05, 3.63) is 205 Å². The largest absolute Gasteiger partial charge is 0.455 e. The van der Waals surface area contributed by atoms with Crippen LogP contribution in [-0.2, 0) is 5.41 Å². The first-order valence-electron chi connectivity index (χ1n) is 21.0. The second-order valence-electron chi connectivity index (χ2n) is 17.1. The molecule has 1 heterocycles. The minimum absolute atomic E-state index is 0.175. The summed E-state index contributed by atoms with van der Waals surface area (Å²) in [5, 5.41) is 14.7. The van der Waals surface area contributed by atoms with E-state index in [-0.39, 0.29) is 5.41 Å². The molecule has 0 unspecified atom stereocenters. The molecule has 0 atom stereocenters. The van der Waals surface area contributed by atoms with Crippen molar-refractivity contribution < 1.29 is 4.42 Å². The molecule has 13 rings (SSSR count). The van der Waals surface area contributed by atoms with Crippen LogP contribution in [0.3, 0.4) is 0 Å². The van der Waals surface area contributed by atoms with E-state index in [1.165, 1.54) is 109 Å². The molecule has 0 bridgehead atoms. The zero-order valence-corrected chi connectivity index (χ0v) is 33.4. The molecule has 280 valence electrons. The third-order valence-corrected chi connectivity index (χ3v) is 13.6. The zero-order valence-electron chi connectivity index (χ0n) is 33.4. The van der Waals surface area contributed by atoms with Crippen molar-refractivity contribution >= 4 is 75.8 Å². The maximum absolute atomic E-state index is 7.08. The maximum atomic E-state index is 7.08. The predicted octanol–water partition coefficient (Wildman–Crippen LogP) is 16.7. The molecule has 0 amide bonds. The van der Waals surface area contributed by atoms with E-state index in [1.54, 1.807) is 0 Å². The highest BCUT2D eigenvalue weighted by molar-refractivity contribution is 6.27. The summed E-state index contributed by atoms with van der Waals surface area (Å²) < 4.78 is 7.08. The molecule has 60 heavy (non-hydrogen) atoms. The molecular formula is C59H38O. The van der Waals surface area contributed by atoms with Gasteiger partial charge in [0.25, 0.3) is 0 Å². The average molecular weight is 763 g/mol. The summed E-state index contributed by atoms with van der Waals surface area (Å²) in [5.74, 6) is 0. The molecule has 0 saturated carbocycles. The molecule has 1 heteroatoms. The topological polar surface area (TPSA) is 13.1 Å². The summed E-state index contributed by atoms with van der Waals surface area (Å²) >= 11 is 0. The van der Waals surface area contributed by atoms with Crippen LogP contribution in [0, 0.1) is 0 Å². The lowest BCUT2D eigenvalue weighted by atomic mass is 9.81.